The molecule has 0 aliphatic rings. The van der Waals surface area contributed by atoms with Crippen LogP contribution in [0.5, 0.6) is 0 Å². The van der Waals surface area contributed by atoms with Crippen LogP contribution in [0.3, 0.4) is 0 Å². The second-order valence-corrected chi connectivity index (χ2v) is 7.86. The van der Waals surface area contributed by atoms with E-state index in [1.54, 1.807) is 0 Å². The summed E-state index contributed by atoms with van der Waals surface area (Å²) in [7, 11) is 0. The van der Waals surface area contributed by atoms with Gasteiger partial charge in [0.05, 0.1) is 5.52 Å². The van der Waals surface area contributed by atoms with Crippen molar-refractivity contribution in [2.75, 3.05) is 0 Å². The van der Waals surface area contributed by atoms with Crippen molar-refractivity contribution in [2.45, 2.75) is 0 Å². The molecule has 6 rings (SSSR count). The second kappa shape index (κ2) is 7.30. The largest absolute Gasteiger partial charge is 0.354 e. The molecule has 0 saturated heterocycles. The van der Waals surface area contributed by atoms with Gasteiger partial charge in [-0.3, -0.25) is 0 Å². The van der Waals surface area contributed by atoms with E-state index >= 15 is 0 Å². The van der Waals surface area contributed by atoms with Gasteiger partial charge in [0, 0.05) is 21.9 Å². The summed E-state index contributed by atoms with van der Waals surface area (Å²) in [5.41, 5.74) is 9.77. The SMILES string of the molecule is c1ccc(-c2ccccc2-c2c(-c3ccccc3)ccc3c2[nH]c2ccccc23)cc1. The average Bonchev–Trinajstić information content (AvgIpc) is 3.23. The van der Waals surface area contributed by atoms with Crippen LogP contribution in [0.25, 0.3) is 55.2 Å². The van der Waals surface area contributed by atoms with Gasteiger partial charge in [0.1, 0.15) is 0 Å². The predicted molar refractivity (Wildman–Crippen MR) is 132 cm³/mol. The molecule has 1 nitrogen and oxygen atoms in total. The van der Waals surface area contributed by atoms with Crippen molar-refractivity contribution in [2.24, 2.45) is 0 Å². The fourth-order valence-corrected chi connectivity index (χ4v) is 4.63. The molecule has 0 unspecified atom stereocenters. The molecule has 146 valence electrons. The normalized spacial score (nSPS) is 11.2. The zero-order valence-electron chi connectivity index (χ0n) is 17.0. The standard InChI is InChI=1S/C30H21N/c1-3-11-21(12-4-1)23-15-7-8-17-26(23)29-24(22-13-5-2-6-14-22)19-20-27-25-16-9-10-18-28(25)31-30(27)29/h1-20,31H. The molecule has 0 amide bonds. The van der Waals surface area contributed by atoms with E-state index in [2.05, 4.69) is 126 Å². The van der Waals surface area contributed by atoms with Gasteiger partial charge in [-0.2, -0.15) is 0 Å². The van der Waals surface area contributed by atoms with Gasteiger partial charge in [0.2, 0.25) is 0 Å². The fourth-order valence-electron chi connectivity index (χ4n) is 4.63. The average molecular weight is 396 g/mol. The highest BCUT2D eigenvalue weighted by Crippen LogP contribution is 2.43. The van der Waals surface area contributed by atoms with Crippen molar-refractivity contribution in [1.82, 2.24) is 4.98 Å². The first-order valence-electron chi connectivity index (χ1n) is 10.6. The topological polar surface area (TPSA) is 15.8 Å². The maximum atomic E-state index is 3.73. The molecule has 0 radical (unpaired) electrons. The van der Waals surface area contributed by atoms with Gasteiger partial charge in [0.15, 0.2) is 0 Å². The quantitative estimate of drug-likeness (QED) is 0.310. The van der Waals surface area contributed by atoms with E-state index in [9.17, 15) is 0 Å². The van der Waals surface area contributed by atoms with E-state index in [0.717, 1.165) is 0 Å². The minimum atomic E-state index is 1.17. The van der Waals surface area contributed by atoms with Crippen LogP contribution < -0.4 is 0 Å². The van der Waals surface area contributed by atoms with Gasteiger partial charge in [0.25, 0.3) is 0 Å². The number of aromatic amines is 1. The summed E-state index contributed by atoms with van der Waals surface area (Å²) in [6, 6.07) is 43.1. The van der Waals surface area contributed by atoms with Crippen LogP contribution in [0.2, 0.25) is 0 Å². The van der Waals surface area contributed by atoms with Crippen molar-refractivity contribution in [3.8, 4) is 33.4 Å². The highest BCUT2D eigenvalue weighted by molar-refractivity contribution is 6.15. The Bertz CT molecular complexity index is 1510. The van der Waals surface area contributed by atoms with Crippen LogP contribution in [-0.2, 0) is 0 Å². The molecule has 5 aromatic carbocycles. The number of benzene rings is 5. The number of hydrogen-bond donors (Lipinski definition) is 1. The van der Waals surface area contributed by atoms with Gasteiger partial charge < -0.3 is 4.98 Å². The number of fused-ring (bicyclic) bond motifs is 3. The predicted octanol–water partition coefficient (Wildman–Crippen LogP) is 8.32. The Morgan fingerprint density at radius 3 is 1.71 bits per heavy atom. The molecule has 1 aromatic heterocycles. The molecule has 1 N–H and O–H groups in total. The summed E-state index contributed by atoms with van der Waals surface area (Å²) >= 11 is 0. The Labute approximate surface area is 181 Å². The molecule has 0 saturated carbocycles. The maximum absolute atomic E-state index is 3.73. The van der Waals surface area contributed by atoms with Crippen LogP contribution in [0.15, 0.2) is 121 Å². The van der Waals surface area contributed by atoms with Gasteiger partial charge in [-0.25, -0.2) is 0 Å². The summed E-state index contributed by atoms with van der Waals surface area (Å²) in [5.74, 6) is 0. The molecule has 0 fully saturated rings. The fraction of sp³-hybridized carbons (Fsp3) is 0. The number of hydrogen-bond acceptors (Lipinski definition) is 0. The van der Waals surface area contributed by atoms with Gasteiger partial charge in [-0.05, 0) is 33.9 Å². The van der Waals surface area contributed by atoms with Crippen molar-refractivity contribution < 1.29 is 0 Å². The van der Waals surface area contributed by atoms with Crippen LogP contribution in [0, 0.1) is 0 Å². The molecule has 31 heavy (non-hydrogen) atoms. The summed E-state index contributed by atoms with van der Waals surface area (Å²) in [4.78, 5) is 3.73. The first-order chi connectivity index (χ1) is 15.4. The third kappa shape index (κ3) is 2.94. The summed E-state index contributed by atoms with van der Waals surface area (Å²) in [5, 5.41) is 2.52. The summed E-state index contributed by atoms with van der Waals surface area (Å²) in [6.07, 6.45) is 0. The van der Waals surface area contributed by atoms with E-state index in [4.69, 9.17) is 0 Å². The zero-order chi connectivity index (χ0) is 20.6. The third-order valence-electron chi connectivity index (χ3n) is 6.05. The lowest BCUT2D eigenvalue weighted by atomic mass is 9.88. The lowest BCUT2D eigenvalue weighted by molar-refractivity contribution is 1.52. The first-order valence-corrected chi connectivity index (χ1v) is 10.6. The number of nitrogens with one attached hydrogen (secondary N) is 1. The molecular formula is C30H21N. The Morgan fingerprint density at radius 1 is 0.387 bits per heavy atom. The third-order valence-corrected chi connectivity index (χ3v) is 6.05. The molecule has 1 heterocycles. The molecule has 6 aromatic rings. The lowest BCUT2D eigenvalue weighted by Crippen LogP contribution is -1.91. The first kappa shape index (κ1) is 17.7. The maximum Gasteiger partial charge on any atom is 0.0551 e. The van der Waals surface area contributed by atoms with Crippen LogP contribution in [0.4, 0.5) is 0 Å². The van der Waals surface area contributed by atoms with Gasteiger partial charge in [-0.15, -0.1) is 0 Å². The molecular weight excluding hydrogens is 374 g/mol. The summed E-state index contributed by atoms with van der Waals surface area (Å²) in [6.45, 7) is 0. The molecule has 1 heteroatoms. The summed E-state index contributed by atoms with van der Waals surface area (Å²) < 4.78 is 0. The molecule has 0 spiro atoms. The Morgan fingerprint density at radius 2 is 0.968 bits per heavy atom. The molecule has 0 aliphatic heterocycles. The minimum absolute atomic E-state index is 1.17. The molecule has 0 atom stereocenters. The number of aromatic nitrogens is 1. The Kier molecular flexibility index (Phi) is 4.18. The zero-order valence-corrected chi connectivity index (χ0v) is 17.0. The highest BCUT2D eigenvalue weighted by atomic mass is 14.7. The molecule has 0 aliphatic carbocycles. The molecule has 0 bridgehead atoms. The van der Waals surface area contributed by atoms with E-state index in [1.807, 2.05) is 0 Å². The lowest BCUT2D eigenvalue weighted by Gasteiger charge is -2.16. The van der Waals surface area contributed by atoms with E-state index in [0.29, 0.717) is 0 Å². The van der Waals surface area contributed by atoms with Crippen molar-refractivity contribution in [3.05, 3.63) is 121 Å². The van der Waals surface area contributed by atoms with E-state index in [1.165, 1.54) is 55.2 Å². The highest BCUT2D eigenvalue weighted by Gasteiger charge is 2.18. The van der Waals surface area contributed by atoms with Crippen molar-refractivity contribution in [3.63, 3.8) is 0 Å². The monoisotopic (exact) mass is 395 g/mol. The van der Waals surface area contributed by atoms with Gasteiger partial charge >= 0.3 is 0 Å². The second-order valence-electron chi connectivity index (χ2n) is 7.86. The van der Waals surface area contributed by atoms with E-state index in [-0.39, 0.29) is 0 Å². The van der Waals surface area contributed by atoms with Crippen LogP contribution in [-0.4, -0.2) is 4.98 Å². The van der Waals surface area contributed by atoms with E-state index < -0.39 is 0 Å². The number of H-pyrrole nitrogens is 1. The number of para-hydroxylation sites is 1. The smallest absolute Gasteiger partial charge is 0.0551 e. The van der Waals surface area contributed by atoms with Gasteiger partial charge in [-0.1, -0.05) is 115 Å². The van der Waals surface area contributed by atoms with Crippen LogP contribution >= 0.6 is 0 Å². The van der Waals surface area contributed by atoms with Crippen LogP contribution in [0.1, 0.15) is 0 Å². The van der Waals surface area contributed by atoms with Crippen molar-refractivity contribution in [1.29, 1.82) is 0 Å². The Balaban J connectivity index is 1.75. The number of rotatable bonds is 3. The minimum Gasteiger partial charge on any atom is -0.354 e. The van der Waals surface area contributed by atoms with Crippen molar-refractivity contribution >= 4 is 21.8 Å². The Hall–Kier alpha value is -4.10.